The molecule has 2 aromatic rings. The van der Waals surface area contributed by atoms with Crippen LogP contribution in [0.1, 0.15) is 10.4 Å². The Morgan fingerprint density at radius 1 is 1.47 bits per heavy atom. The first-order chi connectivity index (χ1) is 8.09. The number of hydrogen-bond donors (Lipinski definition) is 3. The molecule has 17 heavy (non-hydrogen) atoms. The van der Waals surface area contributed by atoms with Gasteiger partial charge in [0.25, 0.3) is 5.91 Å². The molecule has 0 aliphatic heterocycles. The number of hydrogen-bond acceptors (Lipinski definition) is 3. The van der Waals surface area contributed by atoms with E-state index in [0.29, 0.717) is 5.52 Å². The maximum Gasteiger partial charge on any atom is 0.322 e. The van der Waals surface area contributed by atoms with Gasteiger partial charge in [0.1, 0.15) is 23.4 Å². The molecule has 0 fully saturated rings. The molecule has 1 amide bonds. The van der Waals surface area contributed by atoms with Crippen molar-refractivity contribution in [1.82, 2.24) is 15.3 Å². The standard InChI is InChI=1S/C10H8FN3O3/c11-5-1-2-6-9(14-4-13-6)8(5)10(17)12-3-7(15)16/h1-2,4H,3H2,(H,12,17)(H,13,14)(H,15,16). The smallest absolute Gasteiger partial charge is 0.322 e. The highest BCUT2D eigenvalue weighted by atomic mass is 19.1. The molecule has 0 aliphatic carbocycles. The zero-order chi connectivity index (χ0) is 12.4. The Morgan fingerprint density at radius 3 is 2.94 bits per heavy atom. The van der Waals surface area contributed by atoms with Crippen LogP contribution < -0.4 is 5.32 Å². The number of nitrogens with one attached hydrogen (secondary N) is 2. The van der Waals surface area contributed by atoms with Crippen LogP contribution in [-0.2, 0) is 4.79 Å². The second kappa shape index (κ2) is 4.20. The van der Waals surface area contributed by atoms with E-state index in [9.17, 15) is 14.0 Å². The minimum absolute atomic E-state index is 0.174. The second-order valence-corrected chi connectivity index (χ2v) is 3.30. The number of halogens is 1. The third kappa shape index (κ3) is 2.07. The number of aliphatic carboxylic acids is 1. The number of nitrogens with zero attached hydrogens (tertiary/aromatic N) is 1. The molecule has 1 heterocycles. The lowest BCUT2D eigenvalue weighted by atomic mass is 10.1. The van der Waals surface area contributed by atoms with Crippen LogP contribution in [-0.4, -0.2) is 33.5 Å². The summed E-state index contributed by atoms with van der Waals surface area (Å²) in [5.74, 6) is -2.75. The zero-order valence-electron chi connectivity index (χ0n) is 8.53. The Labute approximate surface area is 94.5 Å². The maximum absolute atomic E-state index is 13.5. The van der Waals surface area contributed by atoms with E-state index in [1.807, 2.05) is 0 Å². The molecule has 0 atom stereocenters. The lowest BCUT2D eigenvalue weighted by molar-refractivity contribution is -0.135. The van der Waals surface area contributed by atoms with Gasteiger partial charge in [-0.3, -0.25) is 9.59 Å². The number of H-pyrrole nitrogens is 1. The minimum atomic E-state index is -1.20. The molecular weight excluding hydrogens is 229 g/mol. The largest absolute Gasteiger partial charge is 0.480 e. The Morgan fingerprint density at radius 2 is 2.24 bits per heavy atom. The third-order valence-corrected chi connectivity index (χ3v) is 2.17. The van der Waals surface area contributed by atoms with E-state index in [1.54, 1.807) is 0 Å². The SMILES string of the molecule is O=C(O)CNC(=O)c1c(F)ccc2[nH]cnc12. The van der Waals surface area contributed by atoms with Crippen molar-refractivity contribution in [1.29, 1.82) is 0 Å². The number of carbonyl (C=O) groups excluding carboxylic acids is 1. The van der Waals surface area contributed by atoms with Gasteiger partial charge in [0.2, 0.25) is 0 Å². The quantitative estimate of drug-likeness (QED) is 0.725. The average molecular weight is 237 g/mol. The minimum Gasteiger partial charge on any atom is -0.480 e. The summed E-state index contributed by atoms with van der Waals surface area (Å²) in [5.41, 5.74) is 0.421. The number of rotatable bonds is 3. The summed E-state index contributed by atoms with van der Waals surface area (Å²) in [6.07, 6.45) is 1.33. The number of aromatic nitrogens is 2. The number of fused-ring (bicyclic) bond motifs is 1. The molecule has 0 saturated heterocycles. The van der Waals surface area contributed by atoms with Crippen molar-refractivity contribution < 1.29 is 19.1 Å². The molecule has 0 saturated carbocycles. The monoisotopic (exact) mass is 237 g/mol. The first-order valence-electron chi connectivity index (χ1n) is 4.71. The summed E-state index contributed by atoms with van der Waals surface area (Å²) in [6, 6.07) is 2.57. The van der Waals surface area contributed by atoms with Gasteiger partial charge in [-0.25, -0.2) is 9.37 Å². The van der Waals surface area contributed by atoms with E-state index >= 15 is 0 Å². The van der Waals surface area contributed by atoms with Gasteiger partial charge in [-0.2, -0.15) is 0 Å². The van der Waals surface area contributed by atoms with Crippen molar-refractivity contribution in [2.75, 3.05) is 6.54 Å². The van der Waals surface area contributed by atoms with E-state index in [1.165, 1.54) is 12.4 Å². The van der Waals surface area contributed by atoms with Crippen LogP contribution in [0.3, 0.4) is 0 Å². The highest BCUT2D eigenvalue weighted by molar-refractivity contribution is 6.05. The highest BCUT2D eigenvalue weighted by Crippen LogP contribution is 2.18. The van der Waals surface area contributed by atoms with Crippen LogP contribution in [0.2, 0.25) is 0 Å². The van der Waals surface area contributed by atoms with Crippen molar-refractivity contribution in [3.05, 3.63) is 29.8 Å². The summed E-state index contributed by atoms with van der Waals surface area (Å²) in [6.45, 7) is -0.570. The van der Waals surface area contributed by atoms with Gasteiger partial charge in [0.05, 0.1) is 11.8 Å². The number of carboxylic acid groups (broad SMARTS) is 1. The normalized spacial score (nSPS) is 10.4. The number of carbonyl (C=O) groups is 2. The third-order valence-electron chi connectivity index (χ3n) is 2.17. The Hall–Kier alpha value is -2.44. The number of aromatic amines is 1. The molecule has 0 spiro atoms. The van der Waals surface area contributed by atoms with Crippen molar-refractivity contribution >= 4 is 22.9 Å². The Bertz CT molecular complexity index is 593. The van der Waals surface area contributed by atoms with Crippen molar-refractivity contribution in [3.8, 4) is 0 Å². The molecule has 7 heteroatoms. The summed E-state index contributed by atoms with van der Waals surface area (Å²) in [5, 5.41) is 10.5. The maximum atomic E-state index is 13.5. The molecule has 1 aromatic heterocycles. The molecule has 0 bridgehead atoms. The Kier molecular flexibility index (Phi) is 2.73. The molecule has 1 aromatic carbocycles. The molecule has 0 unspecified atom stereocenters. The molecule has 0 radical (unpaired) electrons. The van der Waals surface area contributed by atoms with Gasteiger partial charge < -0.3 is 15.4 Å². The fraction of sp³-hybridized carbons (Fsp3) is 0.100. The predicted octanol–water partition coefficient (Wildman–Crippen LogP) is 0.516. The van der Waals surface area contributed by atoms with Gasteiger partial charge in [-0.1, -0.05) is 0 Å². The van der Waals surface area contributed by atoms with Gasteiger partial charge >= 0.3 is 5.97 Å². The van der Waals surface area contributed by atoms with E-state index in [-0.39, 0.29) is 11.1 Å². The summed E-state index contributed by atoms with van der Waals surface area (Å²) in [4.78, 5) is 28.5. The highest BCUT2D eigenvalue weighted by Gasteiger charge is 2.17. The fourth-order valence-electron chi connectivity index (χ4n) is 1.44. The van der Waals surface area contributed by atoms with Crippen LogP contribution in [0.4, 0.5) is 4.39 Å². The number of imidazole rings is 1. The summed E-state index contributed by atoms with van der Waals surface area (Å²) in [7, 11) is 0. The van der Waals surface area contributed by atoms with E-state index in [4.69, 9.17) is 5.11 Å². The number of amides is 1. The van der Waals surface area contributed by atoms with Crippen LogP contribution in [0.15, 0.2) is 18.5 Å². The van der Waals surface area contributed by atoms with E-state index in [2.05, 4.69) is 15.3 Å². The fourth-order valence-corrected chi connectivity index (χ4v) is 1.44. The first-order valence-corrected chi connectivity index (χ1v) is 4.71. The molecule has 2 rings (SSSR count). The molecular formula is C10H8FN3O3. The average Bonchev–Trinajstić information content (AvgIpc) is 2.73. The van der Waals surface area contributed by atoms with Gasteiger partial charge in [0.15, 0.2) is 0 Å². The van der Waals surface area contributed by atoms with Crippen LogP contribution >= 0.6 is 0 Å². The van der Waals surface area contributed by atoms with E-state index < -0.39 is 24.2 Å². The topological polar surface area (TPSA) is 95.1 Å². The molecule has 88 valence electrons. The van der Waals surface area contributed by atoms with Gasteiger partial charge in [0, 0.05) is 0 Å². The van der Waals surface area contributed by atoms with Crippen molar-refractivity contribution in [2.45, 2.75) is 0 Å². The predicted molar refractivity (Wildman–Crippen MR) is 56.0 cm³/mol. The summed E-state index contributed by atoms with van der Waals surface area (Å²) < 4.78 is 13.5. The van der Waals surface area contributed by atoms with Crippen molar-refractivity contribution in [2.24, 2.45) is 0 Å². The molecule has 3 N–H and O–H groups in total. The van der Waals surface area contributed by atoms with E-state index in [0.717, 1.165) is 6.07 Å². The van der Waals surface area contributed by atoms with Gasteiger partial charge in [-0.15, -0.1) is 0 Å². The van der Waals surface area contributed by atoms with Gasteiger partial charge in [-0.05, 0) is 12.1 Å². The lowest BCUT2D eigenvalue weighted by Gasteiger charge is -2.04. The Balaban J connectivity index is 2.39. The second-order valence-electron chi connectivity index (χ2n) is 3.30. The first kappa shape index (κ1) is 11.1. The molecule has 6 nitrogen and oxygen atoms in total. The number of carboxylic acids is 1. The lowest BCUT2D eigenvalue weighted by Crippen LogP contribution is -2.30. The zero-order valence-corrected chi connectivity index (χ0v) is 8.53. The number of benzene rings is 1. The van der Waals surface area contributed by atoms with Crippen LogP contribution in [0.5, 0.6) is 0 Å². The molecule has 0 aliphatic rings. The summed E-state index contributed by atoms with van der Waals surface area (Å²) >= 11 is 0. The van der Waals surface area contributed by atoms with Crippen LogP contribution in [0, 0.1) is 5.82 Å². The van der Waals surface area contributed by atoms with Crippen LogP contribution in [0.25, 0.3) is 11.0 Å². The van der Waals surface area contributed by atoms with Crippen molar-refractivity contribution in [3.63, 3.8) is 0 Å².